The van der Waals surface area contributed by atoms with E-state index in [0.29, 0.717) is 36.6 Å². The van der Waals surface area contributed by atoms with Crippen LogP contribution < -0.4 is 10.1 Å². The lowest BCUT2D eigenvalue weighted by atomic mass is 10.1. The van der Waals surface area contributed by atoms with Crippen molar-refractivity contribution in [1.82, 2.24) is 19.6 Å². The molecule has 0 amide bonds. The van der Waals surface area contributed by atoms with Crippen molar-refractivity contribution in [2.45, 2.75) is 6.23 Å². The second-order valence-corrected chi connectivity index (χ2v) is 8.24. The minimum atomic E-state index is -1.02. The molecule has 0 spiro atoms. The van der Waals surface area contributed by atoms with Crippen LogP contribution in [0.5, 0.6) is 5.75 Å². The number of halogens is 2. The Labute approximate surface area is 171 Å². The molecule has 0 aliphatic rings. The van der Waals surface area contributed by atoms with E-state index in [-0.39, 0.29) is 0 Å². The molecule has 10 heteroatoms. The van der Waals surface area contributed by atoms with Crippen LogP contribution in [0.1, 0.15) is 11.8 Å². The fourth-order valence-corrected chi connectivity index (χ4v) is 4.24. The van der Waals surface area contributed by atoms with Crippen LogP contribution in [-0.2, 0) is 0 Å². The highest BCUT2D eigenvalue weighted by Crippen LogP contribution is 2.42. The van der Waals surface area contributed by atoms with Gasteiger partial charge in [0.1, 0.15) is 16.4 Å². The highest BCUT2D eigenvalue weighted by molar-refractivity contribution is 9.11. The molecule has 2 N–H and O–H groups in total. The van der Waals surface area contributed by atoms with Gasteiger partial charge in [0, 0.05) is 23.0 Å². The molecule has 0 saturated heterocycles. The molecule has 0 bridgehead atoms. The number of ether oxygens (including phenoxy) is 1. The van der Waals surface area contributed by atoms with E-state index in [9.17, 15) is 5.11 Å². The van der Waals surface area contributed by atoms with Crippen LogP contribution in [0.4, 0.5) is 5.00 Å². The van der Waals surface area contributed by atoms with E-state index in [1.165, 1.54) is 11.3 Å². The van der Waals surface area contributed by atoms with E-state index in [0.717, 1.165) is 5.56 Å². The maximum atomic E-state index is 10.7. The first kappa shape index (κ1) is 18.2. The molecule has 1 aromatic carbocycles. The van der Waals surface area contributed by atoms with E-state index in [1.54, 1.807) is 54.5 Å². The van der Waals surface area contributed by atoms with Crippen molar-refractivity contribution in [2.75, 3.05) is 12.4 Å². The zero-order valence-electron chi connectivity index (χ0n) is 13.9. The molecular weight excluding hydrogens is 454 g/mol. The van der Waals surface area contributed by atoms with Crippen LogP contribution in [0, 0.1) is 0 Å². The lowest BCUT2D eigenvalue weighted by Crippen LogP contribution is -2.09. The Morgan fingerprint density at radius 3 is 3.07 bits per heavy atom. The van der Waals surface area contributed by atoms with Gasteiger partial charge in [-0.05, 0) is 40.2 Å². The molecule has 0 fully saturated rings. The maximum Gasteiger partial charge on any atom is 0.162 e. The molecule has 4 rings (SSSR count). The lowest BCUT2D eigenvalue weighted by molar-refractivity contribution is 0.210. The minimum absolute atomic E-state index is 0.559. The first-order valence-electron chi connectivity index (χ1n) is 7.80. The summed E-state index contributed by atoms with van der Waals surface area (Å²) in [6, 6.07) is 7.07. The number of aromatic nitrogens is 4. The second-order valence-electron chi connectivity index (χ2n) is 5.52. The number of aliphatic hydroxyl groups excluding tert-OH is 1. The largest absolute Gasteiger partial charge is 0.496 e. The second kappa shape index (κ2) is 7.43. The Balaban J connectivity index is 1.73. The van der Waals surface area contributed by atoms with Crippen molar-refractivity contribution in [3.63, 3.8) is 0 Å². The number of anilines is 1. The van der Waals surface area contributed by atoms with Crippen molar-refractivity contribution >= 4 is 49.5 Å². The van der Waals surface area contributed by atoms with Gasteiger partial charge in [-0.3, -0.25) is 0 Å². The Bertz CT molecular complexity index is 1120. The van der Waals surface area contributed by atoms with Gasteiger partial charge in [0.05, 0.1) is 18.9 Å². The Kier molecular flexibility index (Phi) is 5.00. The highest BCUT2D eigenvalue weighted by atomic mass is 79.9. The zero-order chi connectivity index (χ0) is 19.0. The normalized spacial score (nSPS) is 12.3. The van der Waals surface area contributed by atoms with Crippen LogP contribution in [0.3, 0.4) is 0 Å². The predicted molar refractivity (Wildman–Crippen MR) is 108 cm³/mol. The molecule has 7 nitrogen and oxygen atoms in total. The van der Waals surface area contributed by atoms with Crippen molar-refractivity contribution in [3.8, 4) is 17.0 Å². The van der Waals surface area contributed by atoms with Gasteiger partial charge in [0.2, 0.25) is 0 Å². The summed E-state index contributed by atoms with van der Waals surface area (Å²) in [7, 11) is 1.58. The van der Waals surface area contributed by atoms with E-state index >= 15 is 0 Å². The van der Waals surface area contributed by atoms with Crippen molar-refractivity contribution in [2.24, 2.45) is 0 Å². The van der Waals surface area contributed by atoms with Crippen LogP contribution >= 0.6 is 38.9 Å². The molecule has 0 aliphatic carbocycles. The zero-order valence-corrected chi connectivity index (χ0v) is 17.1. The maximum absolute atomic E-state index is 10.7. The third-order valence-corrected chi connectivity index (χ3v) is 5.56. The average molecular weight is 467 g/mol. The number of thiazole rings is 1. The number of fused-ring (bicyclic) bond motifs is 1. The third-order valence-electron chi connectivity index (χ3n) is 3.89. The summed E-state index contributed by atoms with van der Waals surface area (Å²) < 4.78 is 7.69. The first-order chi connectivity index (χ1) is 13.1. The molecule has 0 radical (unpaired) electrons. The summed E-state index contributed by atoms with van der Waals surface area (Å²) in [4.78, 5) is 8.78. The van der Waals surface area contributed by atoms with Crippen molar-refractivity contribution < 1.29 is 9.84 Å². The number of benzene rings is 1. The Morgan fingerprint density at radius 2 is 2.26 bits per heavy atom. The number of nitrogens with zero attached hydrogens (tertiary/aromatic N) is 4. The fourth-order valence-electron chi connectivity index (χ4n) is 2.68. The van der Waals surface area contributed by atoms with Crippen LogP contribution in [0.25, 0.3) is 16.9 Å². The van der Waals surface area contributed by atoms with Crippen LogP contribution in [0.2, 0.25) is 5.02 Å². The number of hydrogen-bond donors (Lipinski definition) is 2. The van der Waals surface area contributed by atoms with E-state index in [4.69, 9.17) is 16.3 Å². The summed E-state index contributed by atoms with van der Waals surface area (Å²) in [5.74, 6) is 0.632. The van der Waals surface area contributed by atoms with E-state index in [2.05, 4.69) is 36.3 Å². The number of methoxy groups -OCH3 is 1. The van der Waals surface area contributed by atoms with Gasteiger partial charge in [-0.2, -0.15) is 5.10 Å². The monoisotopic (exact) mass is 465 g/mol. The first-order valence-corrected chi connectivity index (χ1v) is 9.78. The lowest BCUT2D eigenvalue weighted by Gasteiger charge is -2.14. The highest BCUT2D eigenvalue weighted by Gasteiger charge is 2.21. The molecule has 138 valence electrons. The van der Waals surface area contributed by atoms with E-state index < -0.39 is 6.23 Å². The average Bonchev–Trinajstić information content (AvgIpc) is 3.25. The summed E-state index contributed by atoms with van der Waals surface area (Å²) in [6.45, 7) is 0. The fraction of sp³-hybridized carbons (Fsp3) is 0.118. The van der Waals surface area contributed by atoms with Gasteiger partial charge in [0.15, 0.2) is 15.8 Å². The molecule has 1 unspecified atom stereocenters. The third kappa shape index (κ3) is 3.51. The Hall–Kier alpha value is -2.20. The standard InChI is InChI=1S/C17H13BrClN5O2S/c1-26-12-4-3-9(19)7-10(12)13-16(27-17(18)22-13)23-15(25)11-8-21-24-6-2-5-20-14(11)24/h2-8,15,23,25H,1H3. The predicted octanol–water partition coefficient (Wildman–Crippen LogP) is 4.38. The Morgan fingerprint density at radius 1 is 1.41 bits per heavy atom. The quantitative estimate of drug-likeness (QED) is 0.425. The molecule has 1 atom stereocenters. The number of aliphatic hydroxyl groups is 1. The number of nitrogens with one attached hydrogen (secondary N) is 1. The molecule has 0 saturated carbocycles. The summed E-state index contributed by atoms with van der Waals surface area (Å²) in [5.41, 5.74) is 2.47. The molecule has 4 aromatic rings. The molecule has 3 aromatic heterocycles. The number of rotatable bonds is 5. The van der Waals surface area contributed by atoms with Gasteiger partial charge in [-0.15, -0.1) is 0 Å². The summed E-state index contributed by atoms with van der Waals surface area (Å²) in [5, 5.41) is 19.2. The SMILES string of the molecule is COc1ccc(Cl)cc1-c1nc(Br)sc1NC(O)c1cnn2cccnc12. The molecule has 27 heavy (non-hydrogen) atoms. The molecular formula is C17H13BrClN5O2S. The van der Waals surface area contributed by atoms with Gasteiger partial charge < -0.3 is 15.2 Å². The number of hydrogen-bond acceptors (Lipinski definition) is 7. The summed E-state index contributed by atoms with van der Waals surface area (Å²) in [6.07, 6.45) is 3.98. The van der Waals surface area contributed by atoms with Gasteiger partial charge >= 0.3 is 0 Å². The van der Waals surface area contributed by atoms with Crippen molar-refractivity contribution in [1.29, 1.82) is 0 Å². The summed E-state index contributed by atoms with van der Waals surface area (Å²) >= 11 is 10.9. The topological polar surface area (TPSA) is 84.6 Å². The van der Waals surface area contributed by atoms with Gasteiger partial charge in [-0.1, -0.05) is 22.9 Å². The molecule has 3 heterocycles. The minimum Gasteiger partial charge on any atom is -0.496 e. The van der Waals surface area contributed by atoms with Crippen molar-refractivity contribution in [3.05, 3.63) is 57.4 Å². The van der Waals surface area contributed by atoms with Gasteiger partial charge in [0.25, 0.3) is 0 Å². The van der Waals surface area contributed by atoms with E-state index in [1.807, 2.05) is 0 Å². The smallest absolute Gasteiger partial charge is 0.162 e. The van der Waals surface area contributed by atoms with Gasteiger partial charge in [-0.25, -0.2) is 14.5 Å². The van der Waals surface area contributed by atoms with Crippen LogP contribution in [0.15, 0.2) is 46.8 Å². The molecule has 0 aliphatic heterocycles. The van der Waals surface area contributed by atoms with Crippen LogP contribution in [-0.4, -0.2) is 31.8 Å².